The number of amides is 2. The van der Waals surface area contributed by atoms with E-state index in [-0.39, 0.29) is 30.5 Å². The lowest BCUT2D eigenvalue weighted by molar-refractivity contribution is -0.139. The number of halogens is 1. The van der Waals surface area contributed by atoms with E-state index >= 15 is 0 Å². The van der Waals surface area contributed by atoms with Crippen molar-refractivity contribution in [2.24, 2.45) is 0 Å². The molecule has 1 aromatic heterocycles. The number of carbonyl (C=O) groups is 2. The molecular weight excluding hydrogens is 339 g/mol. The van der Waals surface area contributed by atoms with Crippen molar-refractivity contribution in [2.75, 3.05) is 26.2 Å². The quantitative estimate of drug-likeness (QED) is 0.804. The second-order valence-electron chi connectivity index (χ2n) is 6.26. The number of benzene rings is 1. The molecule has 2 heterocycles. The molecule has 0 bridgehead atoms. The molecule has 0 saturated carbocycles. The summed E-state index contributed by atoms with van der Waals surface area (Å²) in [6.45, 7) is 3.58. The SMILES string of the molecule is Cc1nc(CC(=O)N2CCN(C(=O)CCc3ccccc3F)CC2)no1. The normalized spacial score (nSPS) is 14.5. The van der Waals surface area contributed by atoms with E-state index in [2.05, 4.69) is 10.1 Å². The molecule has 138 valence electrons. The number of hydrogen-bond acceptors (Lipinski definition) is 5. The molecule has 0 atom stereocenters. The van der Waals surface area contributed by atoms with Crippen LogP contribution in [0.3, 0.4) is 0 Å². The van der Waals surface area contributed by atoms with Gasteiger partial charge in [0.2, 0.25) is 17.7 Å². The molecule has 1 fully saturated rings. The Kier molecular flexibility index (Phi) is 5.60. The van der Waals surface area contributed by atoms with Crippen LogP contribution in [0.15, 0.2) is 28.8 Å². The number of piperazine rings is 1. The minimum Gasteiger partial charge on any atom is -0.340 e. The van der Waals surface area contributed by atoms with Gasteiger partial charge in [0.1, 0.15) is 5.82 Å². The fraction of sp³-hybridized carbons (Fsp3) is 0.444. The van der Waals surface area contributed by atoms with Gasteiger partial charge < -0.3 is 14.3 Å². The Morgan fingerprint density at radius 1 is 1.12 bits per heavy atom. The summed E-state index contributed by atoms with van der Waals surface area (Å²) >= 11 is 0. The van der Waals surface area contributed by atoms with Crippen LogP contribution in [0.4, 0.5) is 4.39 Å². The topological polar surface area (TPSA) is 79.5 Å². The molecule has 2 amide bonds. The van der Waals surface area contributed by atoms with Gasteiger partial charge in [0, 0.05) is 39.5 Å². The summed E-state index contributed by atoms with van der Waals surface area (Å²) in [6.07, 6.45) is 0.734. The third kappa shape index (κ3) is 4.44. The van der Waals surface area contributed by atoms with Crippen molar-refractivity contribution >= 4 is 11.8 Å². The molecule has 26 heavy (non-hydrogen) atoms. The Morgan fingerprint density at radius 2 is 1.77 bits per heavy atom. The predicted molar refractivity (Wildman–Crippen MR) is 90.6 cm³/mol. The van der Waals surface area contributed by atoms with Crippen molar-refractivity contribution in [1.29, 1.82) is 0 Å². The van der Waals surface area contributed by atoms with E-state index in [4.69, 9.17) is 4.52 Å². The van der Waals surface area contributed by atoms with Crippen molar-refractivity contribution in [3.63, 3.8) is 0 Å². The van der Waals surface area contributed by atoms with Crippen LogP contribution >= 0.6 is 0 Å². The van der Waals surface area contributed by atoms with Crippen molar-refractivity contribution in [1.82, 2.24) is 19.9 Å². The summed E-state index contributed by atoms with van der Waals surface area (Å²) in [6, 6.07) is 6.49. The number of nitrogens with zero attached hydrogens (tertiary/aromatic N) is 4. The summed E-state index contributed by atoms with van der Waals surface area (Å²) in [5.74, 6) is 0.416. The summed E-state index contributed by atoms with van der Waals surface area (Å²) < 4.78 is 18.5. The Morgan fingerprint density at radius 3 is 2.38 bits per heavy atom. The van der Waals surface area contributed by atoms with Gasteiger partial charge in [-0.05, 0) is 18.1 Å². The minimum absolute atomic E-state index is 0.0193. The standard InChI is InChI=1S/C18H21FN4O3/c1-13-20-16(21-26-13)12-18(25)23-10-8-22(9-11-23)17(24)7-6-14-4-2-3-5-15(14)19/h2-5H,6-12H2,1H3. The first kappa shape index (κ1) is 18.0. The van der Waals surface area contributed by atoms with Crippen LogP contribution < -0.4 is 0 Å². The van der Waals surface area contributed by atoms with Crippen LogP contribution in [0.1, 0.15) is 23.7 Å². The van der Waals surface area contributed by atoms with Crippen molar-refractivity contribution < 1.29 is 18.5 Å². The van der Waals surface area contributed by atoms with Gasteiger partial charge in [-0.1, -0.05) is 23.4 Å². The molecule has 0 aliphatic carbocycles. The van der Waals surface area contributed by atoms with Crippen LogP contribution in [-0.2, 0) is 22.4 Å². The monoisotopic (exact) mass is 360 g/mol. The molecule has 0 unspecified atom stereocenters. The van der Waals surface area contributed by atoms with Crippen LogP contribution in [0.25, 0.3) is 0 Å². The van der Waals surface area contributed by atoms with Gasteiger partial charge in [-0.2, -0.15) is 4.98 Å². The average Bonchev–Trinajstić information content (AvgIpc) is 3.05. The molecule has 1 aromatic carbocycles. The number of carbonyl (C=O) groups excluding carboxylic acids is 2. The maximum absolute atomic E-state index is 13.6. The van der Waals surface area contributed by atoms with Crippen LogP contribution in [0.5, 0.6) is 0 Å². The first-order valence-corrected chi connectivity index (χ1v) is 8.61. The summed E-state index contributed by atoms with van der Waals surface area (Å²) in [4.78, 5) is 32.0. The van der Waals surface area contributed by atoms with Crippen molar-refractivity contribution in [3.05, 3.63) is 47.4 Å². The van der Waals surface area contributed by atoms with Gasteiger partial charge in [0.25, 0.3) is 0 Å². The maximum Gasteiger partial charge on any atom is 0.230 e. The van der Waals surface area contributed by atoms with Gasteiger partial charge in [-0.25, -0.2) is 4.39 Å². The molecule has 8 heteroatoms. The fourth-order valence-corrected chi connectivity index (χ4v) is 2.97. The smallest absolute Gasteiger partial charge is 0.230 e. The maximum atomic E-state index is 13.6. The van der Waals surface area contributed by atoms with Crippen LogP contribution in [0, 0.1) is 12.7 Å². The Hall–Kier alpha value is -2.77. The summed E-state index contributed by atoms with van der Waals surface area (Å²) in [5.41, 5.74) is 0.546. The highest BCUT2D eigenvalue weighted by atomic mass is 19.1. The van der Waals surface area contributed by atoms with Gasteiger partial charge in [-0.15, -0.1) is 0 Å². The number of aryl methyl sites for hydroxylation is 2. The third-order valence-electron chi connectivity index (χ3n) is 4.43. The molecule has 7 nitrogen and oxygen atoms in total. The largest absolute Gasteiger partial charge is 0.340 e. The third-order valence-corrected chi connectivity index (χ3v) is 4.43. The van der Waals surface area contributed by atoms with E-state index < -0.39 is 0 Å². The van der Waals surface area contributed by atoms with Gasteiger partial charge in [0.05, 0.1) is 6.42 Å². The Balaban J connectivity index is 1.44. The zero-order valence-corrected chi connectivity index (χ0v) is 14.7. The van der Waals surface area contributed by atoms with E-state index in [0.717, 1.165) is 0 Å². The first-order valence-electron chi connectivity index (χ1n) is 8.61. The molecule has 1 saturated heterocycles. The highest BCUT2D eigenvalue weighted by molar-refractivity contribution is 5.79. The molecule has 1 aliphatic rings. The fourth-order valence-electron chi connectivity index (χ4n) is 2.97. The van der Waals surface area contributed by atoms with Crippen molar-refractivity contribution in [2.45, 2.75) is 26.2 Å². The van der Waals surface area contributed by atoms with Crippen LogP contribution in [-0.4, -0.2) is 57.9 Å². The number of hydrogen-bond donors (Lipinski definition) is 0. The van der Waals surface area contributed by atoms with E-state index in [1.165, 1.54) is 6.07 Å². The molecule has 2 aromatic rings. The molecule has 0 spiro atoms. The number of rotatable bonds is 5. The second-order valence-corrected chi connectivity index (χ2v) is 6.26. The molecule has 0 radical (unpaired) electrons. The summed E-state index contributed by atoms with van der Waals surface area (Å²) in [5, 5.41) is 3.73. The lowest BCUT2D eigenvalue weighted by atomic mass is 10.1. The Labute approximate surface area is 150 Å². The Bertz CT molecular complexity index is 784. The molecule has 1 aliphatic heterocycles. The van der Waals surface area contributed by atoms with E-state index in [1.807, 2.05) is 0 Å². The van der Waals surface area contributed by atoms with E-state index in [0.29, 0.717) is 49.9 Å². The molecular formula is C18H21FN4O3. The zero-order valence-electron chi connectivity index (χ0n) is 14.7. The predicted octanol–water partition coefficient (Wildman–Crippen LogP) is 1.36. The van der Waals surface area contributed by atoms with Gasteiger partial charge in [-0.3, -0.25) is 9.59 Å². The van der Waals surface area contributed by atoms with E-state index in [1.54, 1.807) is 34.9 Å². The lowest BCUT2D eigenvalue weighted by Gasteiger charge is -2.34. The average molecular weight is 360 g/mol. The highest BCUT2D eigenvalue weighted by Gasteiger charge is 2.25. The molecule has 0 N–H and O–H groups in total. The highest BCUT2D eigenvalue weighted by Crippen LogP contribution is 2.12. The minimum atomic E-state index is -0.285. The van der Waals surface area contributed by atoms with E-state index in [9.17, 15) is 14.0 Å². The van der Waals surface area contributed by atoms with Crippen molar-refractivity contribution in [3.8, 4) is 0 Å². The number of aromatic nitrogens is 2. The van der Waals surface area contributed by atoms with Gasteiger partial charge in [0.15, 0.2) is 5.82 Å². The first-order chi connectivity index (χ1) is 12.5. The summed E-state index contributed by atoms with van der Waals surface area (Å²) in [7, 11) is 0. The zero-order chi connectivity index (χ0) is 18.5. The second kappa shape index (κ2) is 8.07. The lowest BCUT2D eigenvalue weighted by Crippen LogP contribution is -2.51. The van der Waals surface area contributed by atoms with Crippen LogP contribution in [0.2, 0.25) is 0 Å². The van der Waals surface area contributed by atoms with Gasteiger partial charge >= 0.3 is 0 Å². The molecule has 3 rings (SSSR count).